The fraction of sp³-hybridized carbons (Fsp3) is 0.300. The van der Waals surface area contributed by atoms with Crippen LogP contribution in [-0.4, -0.2) is 25.0 Å². The molecule has 0 aliphatic heterocycles. The molecule has 2 N–H and O–H groups in total. The second kappa shape index (κ2) is 4.98. The van der Waals surface area contributed by atoms with Crippen LogP contribution in [0.4, 0.5) is 0 Å². The number of hydrogen-bond donors (Lipinski definition) is 2. The Labute approximate surface area is 94.9 Å². The molecule has 0 saturated heterocycles. The highest BCUT2D eigenvalue weighted by atomic mass is 32.2. The Hall–Kier alpha value is -1.56. The molecule has 0 aliphatic carbocycles. The molecule has 6 heteroatoms. The van der Waals surface area contributed by atoms with Crippen LogP contribution in [0.1, 0.15) is 19.4 Å². The second-order valence-electron chi connectivity index (χ2n) is 3.21. The lowest BCUT2D eigenvalue weighted by Crippen LogP contribution is -2.21. The van der Waals surface area contributed by atoms with Gasteiger partial charge in [0.25, 0.3) is 0 Å². The van der Waals surface area contributed by atoms with Crippen LogP contribution < -0.4 is 4.83 Å². The van der Waals surface area contributed by atoms with Gasteiger partial charge in [0.1, 0.15) is 5.75 Å². The summed E-state index contributed by atoms with van der Waals surface area (Å²) < 4.78 is 22.3. The number of hydrazone groups is 1. The predicted molar refractivity (Wildman–Crippen MR) is 62.9 cm³/mol. The molecule has 0 fully saturated rings. The zero-order valence-electron chi connectivity index (χ0n) is 9.14. The summed E-state index contributed by atoms with van der Waals surface area (Å²) in [4.78, 5) is 2.08. The number of nitrogens with one attached hydrogen (secondary N) is 1. The molecular formula is C10H14N2O3S. The third-order valence-electron chi connectivity index (χ3n) is 2.03. The summed E-state index contributed by atoms with van der Waals surface area (Å²) in [5.74, 6) is 0.0318. The van der Waals surface area contributed by atoms with Crippen LogP contribution in [0.5, 0.6) is 5.75 Å². The second-order valence-corrected chi connectivity index (χ2v) is 5.20. The molecule has 0 radical (unpaired) electrons. The Bertz CT molecular complexity index is 495. The third-order valence-corrected chi connectivity index (χ3v) is 3.16. The van der Waals surface area contributed by atoms with E-state index < -0.39 is 10.0 Å². The standard InChI is InChI=1S/C10H14N2O3S/c1-3-16(14,15)12-11-8(2)9-6-4-5-7-10(9)13/h4-7,12-13H,3H2,1-2H3/b11-8+. The Morgan fingerprint density at radius 1 is 1.44 bits per heavy atom. The topological polar surface area (TPSA) is 78.8 Å². The maximum Gasteiger partial charge on any atom is 0.247 e. The molecule has 88 valence electrons. The van der Waals surface area contributed by atoms with Crippen molar-refractivity contribution in [3.05, 3.63) is 29.8 Å². The number of benzene rings is 1. The summed E-state index contributed by atoms with van der Waals surface area (Å²) in [6.45, 7) is 3.14. The first-order chi connectivity index (χ1) is 7.46. The number of sulfonamides is 1. The predicted octanol–water partition coefficient (Wildman–Crippen LogP) is 1.06. The van der Waals surface area contributed by atoms with Crippen LogP contribution >= 0.6 is 0 Å². The molecular weight excluding hydrogens is 228 g/mol. The fourth-order valence-electron chi connectivity index (χ4n) is 1.04. The molecule has 1 aromatic rings. The number of nitrogens with zero attached hydrogens (tertiary/aromatic N) is 1. The van der Waals surface area contributed by atoms with E-state index in [0.717, 1.165) is 0 Å². The maximum atomic E-state index is 11.1. The SMILES string of the molecule is CCS(=O)(=O)N/N=C(\C)c1ccccc1O. The lowest BCUT2D eigenvalue weighted by Gasteiger charge is -2.04. The smallest absolute Gasteiger partial charge is 0.247 e. The van der Waals surface area contributed by atoms with Gasteiger partial charge in [0.15, 0.2) is 0 Å². The van der Waals surface area contributed by atoms with Crippen LogP contribution in [0.15, 0.2) is 29.4 Å². The summed E-state index contributed by atoms with van der Waals surface area (Å²) in [5, 5.41) is 13.2. The van der Waals surface area contributed by atoms with Crippen molar-refractivity contribution in [1.82, 2.24) is 4.83 Å². The molecule has 5 nitrogen and oxygen atoms in total. The van der Waals surface area contributed by atoms with E-state index in [4.69, 9.17) is 0 Å². The highest BCUT2D eigenvalue weighted by Crippen LogP contribution is 2.16. The van der Waals surface area contributed by atoms with Crippen LogP contribution in [0, 0.1) is 0 Å². The van der Waals surface area contributed by atoms with Gasteiger partial charge in [-0.05, 0) is 26.0 Å². The molecule has 0 bridgehead atoms. The molecule has 0 spiro atoms. The Morgan fingerprint density at radius 3 is 2.62 bits per heavy atom. The maximum absolute atomic E-state index is 11.1. The van der Waals surface area contributed by atoms with Crippen LogP contribution in [0.2, 0.25) is 0 Å². The van der Waals surface area contributed by atoms with E-state index in [2.05, 4.69) is 9.93 Å². The van der Waals surface area contributed by atoms with E-state index in [-0.39, 0.29) is 11.5 Å². The van der Waals surface area contributed by atoms with Crippen molar-refractivity contribution >= 4 is 15.7 Å². The minimum Gasteiger partial charge on any atom is -0.507 e. The van der Waals surface area contributed by atoms with Gasteiger partial charge in [0.05, 0.1) is 11.5 Å². The van der Waals surface area contributed by atoms with E-state index in [1.165, 1.54) is 13.0 Å². The van der Waals surface area contributed by atoms with Gasteiger partial charge in [-0.1, -0.05) is 12.1 Å². The molecule has 16 heavy (non-hydrogen) atoms. The van der Waals surface area contributed by atoms with Crippen LogP contribution in [0.25, 0.3) is 0 Å². The summed E-state index contributed by atoms with van der Waals surface area (Å²) in [6, 6.07) is 6.60. The monoisotopic (exact) mass is 242 g/mol. The molecule has 0 heterocycles. The number of phenols is 1. The van der Waals surface area contributed by atoms with Crippen LogP contribution in [-0.2, 0) is 10.0 Å². The van der Waals surface area contributed by atoms with E-state index >= 15 is 0 Å². The van der Waals surface area contributed by atoms with Crippen molar-refractivity contribution in [3.8, 4) is 5.75 Å². The molecule has 0 saturated carbocycles. The van der Waals surface area contributed by atoms with Crippen LogP contribution in [0.3, 0.4) is 0 Å². The number of rotatable bonds is 4. The van der Waals surface area contributed by atoms with Gasteiger partial charge in [-0.15, -0.1) is 0 Å². The van der Waals surface area contributed by atoms with Gasteiger partial charge in [0.2, 0.25) is 10.0 Å². The average Bonchev–Trinajstić information content (AvgIpc) is 2.27. The quantitative estimate of drug-likeness (QED) is 0.612. The summed E-state index contributed by atoms with van der Waals surface area (Å²) >= 11 is 0. The van der Waals surface area contributed by atoms with Gasteiger partial charge in [-0.3, -0.25) is 0 Å². The zero-order valence-corrected chi connectivity index (χ0v) is 9.95. The number of aromatic hydroxyl groups is 1. The van der Waals surface area contributed by atoms with E-state index in [1.807, 2.05) is 0 Å². The third kappa shape index (κ3) is 3.23. The van der Waals surface area contributed by atoms with Crippen molar-refractivity contribution < 1.29 is 13.5 Å². The van der Waals surface area contributed by atoms with Gasteiger partial charge in [-0.25, -0.2) is 13.2 Å². The molecule has 1 aromatic carbocycles. The van der Waals surface area contributed by atoms with Crippen molar-refractivity contribution in [3.63, 3.8) is 0 Å². The largest absolute Gasteiger partial charge is 0.507 e. The van der Waals surface area contributed by atoms with Gasteiger partial charge >= 0.3 is 0 Å². The first-order valence-corrected chi connectivity index (χ1v) is 6.43. The lowest BCUT2D eigenvalue weighted by molar-refractivity contribution is 0.474. The molecule has 0 amide bonds. The zero-order chi connectivity index (χ0) is 12.2. The lowest BCUT2D eigenvalue weighted by atomic mass is 10.1. The van der Waals surface area contributed by atoms with E-state index in [9.17, 15) is 13.5 Å². The van der Waals surface area contributed by atoms with Crippen molar-refractivity contribution in [2.24, 2.45) is 5.10 Å². The van der Waals surface area contributed by atoms with Gasteiger partial charge < -0.3 is 5.11 Å². The minimum atomic E-state index is -3.35. The molecule has 1 rings (SSSR count). The van der Waals surface area contributed by atoms with Gasteiger partial charge in [-0.2, -0.15) is 5.10 Å². The average molecular weight is 242 g/mol. The highest BCUT2D eigenvalue weighted by Gasteiger charge is 2.06. The van der Waals surface area contributed by atoms with Crippen molar-refractivity contribution in [2.75, 3.05) is 5.75 Å². The minimum absolute atomic E-state index is 0.0372. The van der Waals surface area contributed by atoms with Crippen molar-refractivity contribution in [1.29, 1.82) is 0 Å². The summed E-state index contributed by atoms with van der Waals surface area (Å²) in [6.07, 6.45) is 0. The Kier molecular flexibility index (Phi) is 3.89. The fourth-order valence-corrected chi connectivity index (χ4v) is 1.45. The van der Waals surface area contributed by atoms with E-state index in [0.29, 0.717) is 11.3 Å². The van der Waals surface area contributed by atoms with Crippen molar-refractivity contribution in [2.45, 2.75) is 13.8 Å². The first kappa shape index (κ1) is 12.5. The molecule has 0 aromatic heterocycles. The summed E-state index contributed by atoms with van der Waals surface area (Å²) in [5.41, 5.74) is 0.913. The highest BCUT2D eigenvalue weighted by molar-refractivity contribution is 7.89. The number of phenolic OH excluding ortho intramolecular Hbond substituents is 1. The van der Waals surface area contributed by atoms with Gasteiger partial charge in [0, 0.05) is 5.56 Å². The normalized spacial score (nSPS) is 12.5. The Morgan fingerprint density at radius 2 is 2.06 bits per heavy atom. The molecule has 0 atom stereocenters. The first-order valence-electron chi connectivity index (χ1n) is 4.78. The Balaban J connectivity index is 2.91. The molecule has 0 aliphatic rings. The molecule has 0 unspecified atom stereocenters. The summed E-state index contributed by atoms with van der Waals surface area (Å²) in [7, 11) is -3.35. The number of para-hydroxylation sites is 1. The van der Waals surface area contributed by atoms with E-state index in [1.54, 1.807) is 25.1 Å². The number of hydrogen-bond acceptors (Lipinski definition) is 4.